The van der Waals surface area contributed by atoms with Crippen molar-refractivity contribution in [1.29, 1.82) is 0 Å². The Bertz CT molecular complexity index is 951. The molecular formula is C20H19FN2O3. The summed E-state index contributed by atoms with van der Waals surface area (Å²) in [5.74, 6) is 0.823. The fourth-order valence-corrected chi connectivity index (χ4v) is 3.07. The zero-order chi connectivity index (χ0) is 17.9. The lowest BCUT2D eigenvalue weighted by Gasteiger charge is -2.10. The fourth-order valence-electron chi connectivity index (χ4n) is 3.07. The number of carbonyl (C=O) groups excluding carboxylic acids is 1. The van der Waals surface area contributed by atoms with Gasteiger partial charge in [0.15, 0.2) is 11.5 Å². The van der Waals surface area contributed by atoms with Gasteiger partial charge in [-0.3, -0.25) is 4.79 Å². The first-order valence-electron chi connectivity index (χ1n) is 8.64. The minimum absolute atomic E-state index is 0.174. The molecule has 0 saturated heterocycles. The maximum atomic E-state index is 13.4. The average Bonchev–Trinajstić information content (AvgIpc) is 2.88. The Morgan fingerprint density at radius 3 is 2.85 bits per heavy atom. The number of halogens is 1. The van der Waals surface area contributed by atoms with E-state index in [1.165, 1.54) is 12.1 Å². The number of hydrogen-bond acceptors (Lipinski definition) is 3. The molecule has 0 atom stereocenters. The number of H-pyrrole nitrogens is 1. The van der Waals surface area contributed by atoms with Crippen LogP contribution in [0.25, 0.3) is 10.9 Å². The SMILES string of the molecule is O=C(NCCc1c[nH]c2ccc(F)cc12)c1ccc2c(c1)OCCCO2. The molecule has 4 rings (SSSR count). The molecule has 2 N–H and O–H groups in total. The van der Waals surface area contributed by atoms with Gasteiger partial charge in [0.25, 0.3) is 5.91 Å². The first-order chi connectivity index (χ1) is 12.7. The summed E-state index contributed by atoms with van der Waals surface area (Å²) in [6.45, 7) is 1.65. The number of carbonyl (C=O) groups is 1. The summed E-state index contributed by atoms with van der Waals surface area (Å²) in [5, 5.41) is 3.74. The molecule has 0 spiro atoms. The van der Waals surface area contributed by atoms with Gasteiger partial charge in [-0.1, -0.05) is 0 Å². The smallest absolute Gasteiger partial charge is 0.251 e. The summed E-state index contributed by atoms with van der Waals surface area (Å²) < 4.78 is 24.6. The van der Waals surface area contributed by atoms with Crippen LogP contribution >= 0.6 is 0 Å². The molecule has 0 unspecified atom stereocenters. The lowest BCUT2D eigenvalue weighted by Crippen LogP contribution is -2.25. The third-order valence-electron chi connectivity index (χ3n) is 4.42. The second-order valence-electron chi connectivity index (χ2n) is 6.22. The van der Waals surface area contributed by atoms with E-state index in [4.69, 9.17) is 9.47 Å². The van der Waals surface area contributed by atoms with E-state index in [1.54, 1.807) is 24.3 Å². The number of rotatable bonds is 4. The van der Waals surface area contributed by atoms with Crippen LogP contribution in [0.5, 0.6) is 11.5 Å². The van der Waals surface area contributed by atoms with Crippen molar-refractivity contribution < 1.29 is 18.7 Å². The molecule has 1 aromatic heterocycles. The van der Waals surface area contributed by atoms with Crippen molar-refractivity contribution in [2.24, 2.45) is 0 Å². The Morgan fingerprint density at radius 1 is 1.12 bits per heavy atom. The Morgan fingerprint density at radius 2 is 1.96 bits per heavy atom. The van der Waals surface area contributed by atoms with E-state index in [9.17, 15) is 9.18 Å². The van der Waals surface area contributed by atoms with Crippen LogP contribution in [0.3, 0.4) is 0 Å². The Labute approximate surface area is 150 Å². The van der Waals surface area contributed by atoms with Crippen LogP contribution in [-0.4, -0.2) is 30.6 Å². The predicted molar refractivity (Wildman–Crippen MR) is 96.3 cm³/mol. The van der Waals surface area contributed by atoms with E-state index in [0.717, 1.165) is 22.9 Å². The van der Waals surface area contributed by atoms with Gasteiger partial charge in [0.05, 0.1) is 13.2 Å². The first kappa shape index (κ1) is 16.4. The number of amides is 1. The van der Waals surface area contributed by atoms with Crippen molar-refractivity contribution in [3.63, 3.8) is 0 Å². The zero-order valence-electron chi connectivity index (χ0n) is 14.2. The fraction of sp³-hybridized carbons (Fsp3) is 0.250. The molecule has 0 radical (unpaired) electrons. The number of fused-ring (bicyclic) bond motifs is 2. The van der Waals surface area contributed by atoms with Crippen molar-refractivity contribution in [1.82, 2.24) is 10.3 Å². The highest BCUT2D eigenvalue weighted by atomic mass is 19.1. The Hall–Kier alpha value is -3.02. The maximum Gasteiger partial charge on any atom is 0.251 e. The Kier molecular flexibility index (Phi) is 4.48. The zero-order valence-corrected chi connectivity index (χ0v) is 14.2. The number of nitrogens with one attached hydrogen (secondary N) is 2. The van der Waals surface area contributed by atoms with Gasteiger partial charge in [-0.2, -0.15) is 0 Å². The van der Waals surface area contributed by atoms with E-state index < -0.39 is 0 Å². The van der Waals surface area contributed by atoms with Gasteiger partial charge < -0.3 is 19.8 Å². The predicted octanol–water partition coefficient (Wildman–Crippen LogP) is 3.44. The molecule has 26 heavy (non-hydrogen) atoms. The number of aromatic amines is 1. The second-order valence-corrected chi connectivity index (χ2v) is 6.22. The van der Waals surface area contributed by atoms with Crippen LogP contribution in [0, 0.1) is 5.82 Å². The summed E-state index contributed by atoms with van der Waals surface area (Å²) in [4.78, 5) is 15.5. The van der Waals surface area contributed by atoms with Gasteiger partial charge >= 0.3 is 0 Å². The summed E-state index contributed by atoms with van der Waals surface area (Å²) in [5.41, 5.74) is 2.38. The molecule has 3 aromatic rings. The molecule has 1 amide bonds. The highest BCUT2D eigenvalue weighted by molar-refractivity contribution is 5.95. The number of ether oxygens (including phenoxy) is 2. The number of benzene rings is 2. The van der Waals surface area contributed by atoms with Gasteiger partial charge in [-0.15, -0.1) is 0 Å². The van der Waals surface area contributed by atoms with Gasteiger partial charge in [-0.25, -0.2) is 4.39 Å². The van der Waals surface area contributed by atoms with Crippen molar-refractivity contribution >= 4 is 16.8 Å². The highest BCUT2D eigenvalue weighted by Gasteiger charge is 2.14. The standard InChI is InChI=1S/C20H19FN2O3/c21-15-3-4-17-16(11-15)14(12-23-17)6-7-22-20(24)13-2-5-18-19(10-13)26-9-1-8-25-18/h2-5,10-12,23H,1,6-9H2,(H,22,24). The topological polar surface area (TPSA) is 63.4 Å². The first-order valence-corrected chi connectivity index (χ1v) is 8.64. The number of hydrogen-bond donors (Lipinski definition) is 2. The van der Waals surface area contributed by atoms with Crippen LogP contribution in [0.4, 0.5) is 4.39 Å². The summed E-state index contributed by atoms with van der Waals surface area (Å²) in [6.07, 6.45) is 3.28. The summed E-state index contributed by atoms with van der Waals surface area (Å²) in [7, 11) is 0. The monoisotopic (exact) mass is 354 g/mol. The van der Waals surface area contributed by atoms with E-state index in [1.807, 2.05) is 6.20 Å². The normalized spacial score (nSPS) is 13.4. The second kappa shape index (κ2) is 7.07. The van der Waals surface area contributed by atoms with E-state index in [0.29, 0.717) is 43.2 Å². The Balaban J connectivity index is 1.41. The van der Waals surface area contributed by atoms with Crippen LogP contribution in [-0.2, 0) is 6.42 Å². The van der Waals surface area contributed by atoms with Crippen LogP contribution in [0.2, 0.25) is 0 Å². The molecule has 0 fully saturated rings. The molecule has 2 aromatic carbocycles. The summed E-state index contributed by atoms with van der Waals surface area (Å²) >= 11 is 0. The minimum Gasteiger partial charge on any atom is -0.490 e. The molecule has 2 heterocycles. The molecule has 1 aliphatic rings. The van der Waals surface area contributed by atoms with Gasteiger partial charge in [0.1, 0.15) is 5.82 Å². The third kappa shape index (κ3) is 3.35. The molecular weight excluding hydrogens is 335 g/mol. The highest BCUT2D eigenvalue weighted by Crippen LogP contribution is 2.30. The van der Waals surface area contributed by atoms with E-state index in [-0.39, 0.29) is 11.7 Å². The van der Waals surface area contributed by atoms with Crippen molar-refractivity contribution in [2.75, 3.05) is 19.8 Å². The molecule has 6 heteroatoms. The van der Waals surface area contributed by atoms with Crippen molar-refractivity contribution in [2.45, 2.75) is 12.8 Å². The van der Waals surface area contributed by atoms with Gasteiger partial charge in [0, 0.05) is 35.6 Å². The molecule has 1 aliphatic heterocycles. The van der Waals surface area contributed by atoms with Crippen LogP contribution in [0.1, 0.15) is 22.3 Å². The molecule has 0 bridgehead atoms. The van der Waals surface area contributed by atoms with Crippen LogP contribution in [0.15, 0.2) is 42.6 Å². The lowest BCUT2D eigenvalue weighted by atomic mass is 10.1. The van der Waals surface area contributed by atoms with Crippen molar-refractivity contribution in [3.05, 3.63) is 59.5 Å². The van der Waals surface area contributed by atoms with Crippen molar-refractivity contribution in [3.8, 4) is 11.5 Å². The van der Waals surface area contributed by atoms with E-state index >= 15 is 0 Å². The van der Waals surface area contributed by atoms with Gasteiger partial charge in [-0.05, 0) is 48.4 Å². The summed E-state index contributed by atoms with van der Waals surface area (Å²) in [6, 6.07) is 9.84. The molecule has 0 aliphatic carbocycles. The maximum absolute atomic E-state index is 13.4. The average molecular weight is 354 g/mol. The van der Waals surface area contributed by atoms with Crippen LogP contribution < -0.4 is 14.8 Å². The largest absolute Gasteiger partial charge is 0.490 e. The lowest BCUT2D eigenvalue weighted by molar-refractivity contribution is 0.0953. The minimum atomic E-state index is -0.269. The molecule has 5 nitrogen and oxygen atoms in total. The van der Waals surface area contributed by atoms with E-state index in [2.05, 4.69) is 10.3 Å². The third-order valence-corrected chi connectivity index (χ3v) is 4.42. The van der Waals surface area contributed by atoms with Gasteiger partial charge in [0.2, 0.25) is 0 Å². The molecule has 134 valence electrons. The number of aromatic nitrogens is 1. The molecule has 0 saturated carbocycles. The quantitative estimate of drug-likeness (QED) is 0.754.